The van der Waals surface area contributed by atoms with Crippen LogP contribution < -0.4 is 5.73 Å². The molecule has 2 N–H and O–H groups in total. The average molecular weight is 113 g/mol. The van der Waals surface area contributed by atoms with Gasteiger partial charge in [0.15, 0.2) is 0 Å². The van der Waals surface area contributed by atoms with Crippen molar-refractivity contribution in [1.29, 1.82) is 0 Å². The van der Waals surface area contributed by atoms with Crippen LogP contribution in [0.1, 0.15) is 33.6 Å². The van der Waals surface area contributed by atoms with E-state index in [9.17, 15) is 0 Å². The van der Waals surface area contributed by atoms with Crippen LogP contribution in [0.5, 0.6) is 0 Å². The molecule has 0 unspecified atom stereocenters. The lowest BCUT2D eigenvalue weighted by Crippen LogP contribution is -1.97. The summed E-state index contributed by atoms with van der Waals surface area (Å²) in [5.74, 6) is 0. The second kappa shape index (κ2) is 3.53. The molecule has 0 aromatic heterocycles. The van der Waals surface area contributed by atoms with Gasteiger partial charge in [-0.25, -0.2) is 0 Å². The normalized spacial score (nSPS) is 8.88. The van der Waals surface area contributed by atoms with Crippen molar-refractivity contribution >= 4 is 0 Å². The Morgan fingerprint density at radius 3 is 2.00 bits per heavy atom. The van der Waals surface area contributed by atoms with Crippen molar-refractivity contribution in [3.8, 4) is 0 Å². The smallest absolute Gasteiger partial charge is 0.00666 e. The number of rotatable bonds is 2. The lowest BCUT2D eigenvalue weighted by Gasteiger charge is -1.98. The van der Waals surface area contributed by atoms with Gasteiger partial charge in [-0.15, -0.1) is 0 Å². The summed E-state index contributed by atoms with van der Waals surface area (Å²) in [7, 11) is 0. The maximum Gasteiger partial charge on any atom is 0.00666 e. The zero-order valence-corrected chi connectivity index (χ0v) is 5.99. The van der Waals surface area contributed by atoms with Crippen molar-refractivity contribution in [2.45, 2.75) is 33.6 Å². The van der Waals surface area contributed by atoms with E-state index in [4.69, 9.17) is 5.73 Å². The van der Waals surface area contributed by atoms with E-state index >= 15 is 0 Å². The average Bonchev–Trinajstić information content (AvgIpc) is 1.67. The van der Waals surface area contributed by atoms with Crippen molar-refractivity contribution < 1.29 is 0 Å². The summed E-state index contributed by atoms with van der Waals surface area (Å²) in [6.45, 7) is 6.23. The summed E-state index contributed by atoms with van der Waals surface area (Å²) in [4.78, 5) is 0. The summed E-state index contributed by atoms with van der Waals surface area (Å²) in [6, 6.07) is 0. The first kappa shape index (κ1) is 7.54. The molecule has 0 atom stereocenters. The SMILES string of the molecule is CCCC(N)=C(C)C. The number of nitrogens with two attached hydrogens (primary N) is 1. The minimum Gasteiger partial charge on any atom is -0.402 e. The van der Waals surface area contributed by atoms with Crippen LogP contribution in [0.15, 0.2) is 11.3 Å². The fourth-order valence-corrected chi connectivity index (χ4v) is 0.519. The van der Waals surface area contributed by atoms with Crippen molar-refractivity contribution in [2.75, 3.05) is 0 Å². The molecule has 0 fully saturated rings. The molecule has 0 rings (SSSR count). The van der Waals surface area contributed by atoms with Crippen molar-refractivity contribution in [3.63, 3.8) is 0 Å². The predicted octanol–water partition coefficient (Wildman–Crippen LogP) is 2.04. The van der Waals surface area contributed by atoms with Crippen LogP contribution >= 0.6 is 0 Å². The van der Waals surface area contributed by atoms with Crippen molar-refractivity contribution in [2.24, 2.45) is 5.73 Å². The Kier molecular flexibility index (Phi) is 3.33. The quantitative estimate of drug-likeness (QED) is 0.582. The molecule has 1 nitrogen and oxygen atoms in total. The van der Waals surface area contributed by atoms with Gasteiger partial charge in [0.05, 0.1) is 0 Å². The van der Waals surface area contributed by atoms with Crippen LogP contribution in [0.25, 0.3) is 0 Å². The molecule has 0 saturated heterocycles. The number of allylic oxidation sites excluding steroid dienone is 2. The van der Waals surface area contributed by atoms with Gasteiger partial charge in [-0.1, -0.05) is 18.9 Å². The lowest BCUT2D eigenvalue weighted by molar-refractivity contribution is 0.876. The maximum atomic E-state index is 5.61. The Balaban J connectivity index is 3.62. The second-order valence-electron chi connectivity index (χ2n) is 2.28. The van der Waals surface area contributed by atoms with E-state index < -0.39 is 0 Å². The topological polar surface area (TPSA) is 26.0 Å². The van der Waals surface area contributed by atoms with Crippen LogP contribution in [0, 0.1) is 0 Å². The van der Waals surface area contributed by atoms with E-state index in [0.29, 0.717) is 0 Å². The fraction of sp³-hybridized carbons (Fsp3) is 0.714. The van der Waals surface area contributed by atoms with Crippen molar-refractivity contribution in [3.05, 3.63) is 11.3 Å². The fourth-order valence-electron chi connectivity index (χ4n) is 0.519. The van der Waals surface area contributed by atoms with Gasteiger partial charge in [-0.2, -0.15) is 0 Å². The Morgan fingerprint density at radius 2 is 1.88 bits per heavy atom. The molecule has 0 aliphatic heterocycles. The number of hydrogen-bond donors (Lipinski definition) is 1. The molecular weight excluding hydrogens is 98.1 g/mol. The van der Waals surface area contributed by atoms with Gasteiger partial charge in [0, 0.05) is 5.70 Å². The van der Waals surface area contributed by atoms with Crippen LogP contribution in [-0.2, 0) is 0 Å². The molecule has 0 aromatic carbocycles. The van der Waals surface area contributed by atoms with Gasteiger partial charge in [-0.3, -0.25) is 0 Å². The Bertz CT molecular complexity index is 88.6. The van der Waals surface area contributed by atoms with Crippen LogP contribution in [-0.4, -0.2) is 0 Å². The zero-order valence-electron chi connectivity index (χ0n) is 5.99. The molecular formula is C7H15N. The van der Waals surface area contributed by atoms with E-state index in [1.165, 1.54) is 5.57 Å². The predicted molar refractivity (Wildman–Crippen MR) is 37.5 cm³/mol. The molecule has 0 radical (unpaired) electrons. The molecule has 0 aromatic rings. The highest BCUT2D eigenvalue weighted by Gasteiger charge is 1.87. The van der Waals surface area contributed by atoms with E-state index in [0.717, 1.165) is 18.5 Å². The van der Waals surface area contributed by atoms with E-state index in [-0.39, 0.29) is 0 Å². The third-order valence-corrected chi connectivity index (χ3v) is 1.16. The monoisotopic (exact) mass is 113 g/mol. The van der Waals surface area contributed by atoms with E-state index in [2.05, 4.69) is 6.92 Å². The van der Waals surface area contributed by atoms with Gasteiger partial charge in [-0.05, 0) is 20.3 Å². The summed E-state index contributed by atoms with van der Waals surface area (Å²) >= 11 is 0. The first-order valence-electron chi connectivity index (χ1n) is 3.10. The Hall–Kier alpha value is -0.460. The summed E-state index contributed by atoms with van der Waals surface area (Å²) in [5, 5.41) is 0. The van der Waals surface area contributed by atoms with Crippen LogP contribution in [0.3, 0.4) is 0 Å². The molecule has 48 valence electrons. The standard InChI is InChI=1S/C7H15N/c1-4-5-7(8)6(2)3/h4-5,8H2,1-3H3. The molecule has 1 heteroatoms. The summed E-state index contributed by atoms with van der Waals surface area (Å²) < 4.78 is 0. The zero-order chi connectivity index (χ0) is 6.57. The van der Waals surface area contributed by atoms with Gasteiger partial charge in [0.1, 0.15) is 0 Å². The summed E-state index contributed by atoms with van der Waals surface area (Å²) in [6.07, 6.45) is 2.19. The minimum absolute atomic E-state index is 1.04. The van der Waals surface area contributed by atoms with Gasteiger partial charge < -0.3 is 5.73 Å². The second-order valence-corrected chi connectivity index (χ2v) is 2.28. The molecule has 0 aliphatic carbocycles. The molecule has 0 saturated carbocycles. The minimum atomic E-state index is 1.04. The molecule has 0 spiro atoms. The van der Waals surface area contributed by atoms with Crippen LogP contribution in [0.4, 0.5) is 0 Å². The first-order valence-corrected chi connectivity index (χ1v) is 3.10. The molecule has 8 heavy (non-hydrogen) atoms. The Morgan fingerprint density at radius 1 is 1.38 bits per heavy atom. The van der Waals surface area contributed by atoms with E-state index in [1.54, 1.807) is 0 Å². The van der Waals surface area contributed by atoms with Crippen molar-refractivity contribution in [1.82, 2.24) is 0 Å². The lowest BCUT2D eigenvalue weighted by atomic mass is 10.2. The van der Waals surface area contributed by atoms with Gasteiger partial charge in [0.25, 0.3) is 0 Å². The van der Waals surface area contributed by atoms with Crippen LogP contribution in [0.2, 0.25) is 0 Å². The summed E-state index contributed by atoms with van der Waals surface area (Å²) in [5.41, 5.74) is 7.91. The largest absolute Gasteiger partial charge is 0.402 e. The van der Waals surface area contributed by atoms with Gasteiger partial charge >= 0.3 is 0 Å². The third kappa shape index (κ3) is 2.67. The molecule has 0 aliphatic rings. The highest BCUT2D eigenvalue weighted by Crippen LogP contribution is 2.02. The molecule has 0 amide bonds. The van der Waals surface area contributed by atoms with E-state index in [1.807, 2.05) is 13.8 Å². The highest BCUT2D eigenvalue weighted by atomic mass is 14.6. The molecule has 0 bridgehead atoms. The first-order chi connectivity index (χ1) is 3.68. The van der Waals surface area contributed by atoms with Gasteiger partial charge in [0.2, 0.25) is 0 Å². The highest BCUT2D eigenvalue weighted by molar-refractivity contribution is 5.04. The number of hydrogen-bond acceptors (Lipinski definition) is 1. The Labute approximate surface area is 51.6 Å². The third-order valence-electron chi connectivity index (χ3n) is 1.16. The molecule has 0 heterocycles. The maximum absolute atomic E-state index is 5.61.